The van der Waals surface area contributed by atoms with Crippen LogP contribution in [0.15, 0.2) is 29.5 Å². The molecule has 0 aliphatic carbocycles. The Morgan fingerprint density at radius 2 is 1.51 bits per heavy atom. The second-order valence-corrected chi connectivity index (χ2v) is 9.06. The van der Waals surface area contributed by atoms with Crippen LogP contribution in [-0.4, -0.2) is 36.5 Å². The Labute approximate surface area is 211 Å². The molecule has 7 heteroatoms. The number of carbonyl (C=O) groups excluding carboxylic acids is 1. The smallest absolute Gasteiger partial charge is 0.240 e. The van der Waals surface area contributed by atoms with Crippen LogP contribution < -0.4 is 14.9 Å². The molecule has 0 spiro atoms. The highest BCUT2D eigenvalue weighted by atomic mass is 16.5. The topological polar surface area (TPSA) is 88.6 Å². The maximum absolute atomic E-state index is 12.1. The molecule has 0 unspecified atom stereocenters. The van der Waals surface area contributed by atoms with E-state index in [1.165, 1.54) is 70.6 Å². The molecule has 1 aromatic carbocycles. The lowest BCUT2D eigenvalue weighted by Gasteiger charge is -2.09. The Morgan fingerprint density at radius 1 is 0.914 bits per heavy atom. The van der Waals surface area contributed by atoms with E-state index in [9.17, 15) is 4.79 Å². The lowest BCUT2D eigenvalue weighted by molar-refractivity contribution is -0.121. The van der Waals surface area contributed by atoms with Gasteiger partial charge in [-0.1, -0.05) is 84.0 Å². The minimum Gasteiger partial charge on any atom is -0.493 e. The molecule has 0 radical (unpaired) electrons. The predicted octanol–water partition coefficient (Wildman–Crippen LogP) is 7.03. The highest BCUT2D eigenvalue weighted by Crippen LogP contribution is 2.32. The SMILES string of the molecule is CCCCCCCCCCCCCCCC(=O)N/N=C\c1cn[nH]c1-c1ccc(OC)c(OC)c1. The molecule has 7 nitrogen and oxygen atoms in total. The van der Waals surface area contributed by atoms with E-state index in [0.29, 0.717) is 17.9 Å². The van der Waals surface area contributed by atoms with Gasteiger partial charge in [-0.2, -0.15) is 10.2 Å². The lowest BCUT2D eigenvalue weighted by Crippen LogP contribution is -2.16. The van der Waals surface area contributed by atoms with E-state index < -0.39 is 0 Å². The van der Waals surface area contributed by atoms with Crippen LogP contribution in [0.5, 0.6) is 11.5 Å². The first-order valence-corrected chi connectivity index (χ1v) is 13.3. The van der Waals surface area contributed by atoms with Gasteiger partial charge in [0.05, 0.1) is 32.3 Å². The van der Waals surface area contributed by atoms with E-state index >= 15 is 0 Å². The van der Waals surface area contributed by atoms with E-state index in [1.54, 1.807) is 26.6 Å². The number of unbranched alkanes of at least 4 members (excludes halogenated alkanes) is 12. The Morgan fingerprint density at radius 3 is 2.11 bits per heavy atom. The van der Waals surface area contributed by atoms with Gasteiger partial charge in [-0.25, -0.2) is 5.43 Å². The zero-order valence-electron chi connectivity index (χ0n) is 21.9. The summed E-state index contributed by atoms with van der Waals surface area (Å²) >= 11 is 0. The maximum Gasteiger partial charge on any atom is 0.240 e. The molecule has 0 saturated carbocycles. The summed E-state index contributed by atoms with van der Waals surface area (Å²) in [6.45, 7) is 2.27. The molecule has 0 aliphatic heterocycles. The fourth-order valence-electron chi connectivity index (χ4n) is 4.15. The molecule has 0 aliphatic rings. The van der Waals surface area contributed by atoms with E-state index in [1.807, 2.05) is 18.2 Å². The zero-order chi connectivity index (χ0) is 25.1. The van der Waals surface area contributed by atoms with Gasteiger partial charge in [-0.3, -0.25) is 9.89 Å². The van der Waals surface area contributed by atoms with Crippen molar-refractivity contribution in [2.24, 2.45) is 5.10 Å². The molecule has 1 amide bonds. The van der Waals surface area contributed by atoms with E-state index in [4.69, 9.17) is 9.47 Å². The van der Waals surface area contributed by atoms with Gasteiger partial charge in [0, 0.05) is 17.5 Å². The molecule has 2 aromatic rings. The zero-order valence-corrected chi connectivity index (χ0v) is 21.9. The molecule has 0 saturated heterocycles. The maximum atomic E-state index is 12.1. The van der Waals surface area contributed by atoms with Crippen LogP contribution in [-0.2, 0) is 4.79 Å². The first-order chi connectivity index (χ1) is 17.2. The van der Waals surface area contributed by atoms with Crippen LogP contribution >= 0.6 is 0 Å². The van der Waals surface area contributed by atoms with Crippen LogP contribution in [0.25, 0.3) is 11.3 Å². The van der Waals surface area contributed by atoms with Crippen LogP contribution in [0.3, 0.4) is 0 Å². The molecule has 2 N–H and O–H groups in total. The predicted molar refractivity (Wildman–Crippen MR) is 143 cm³/mol. The highest BCUT2D eigenvalue weighted by molar-refractivity contribution is 5.89. The molecule has 0 bridgehead atoms. The third kappa shape index (κ3) is 11.0. The second-order valence-electron chi connectivity index (χ2n) is 9.06. The quantitative estimate of drug-likeness (QED) is 0.127. The lowest BCUT2D eigenvalue weighted by atomic mass is 10.0. The number of nitrogens with zero attached hydrogens (tertiary/aromatic N) is 2. The van der Waals surface area contributed by atoms with Crippen molar-refractivity contribution in [3.63, 3.8) is 0 Å². The van der Waals surface area contributed by atoms with Crippen molar-refractivity contribution in [3.8, 4) is 22.8 Å². The summed E-state index contributed by atoms with van der Waals surface area (Å²) in [6, 6.07) is 5.63. The standard InChI is InChI=1S/C28H44N4O3/c1-4-5-6-7-8-9-10-11-12-13-14-15-16-17-27(33)31-29-21-24-22-30-32-28(24)23-18-19-25(34-2)26(20-23)35-3/h18-22H,4-17H2,1-3H3,(H,30,32)(H,31,33)/b29-21-. The fraction of sp³-hybridized carbons (Fsp3) is 0.607. The first kappa shape index (κ1) is 28.4. The van der Waals surface area contributed by atoms with Crippen molar-refractivity contribution < 1.29 is 14.3 Å². The largest absolute Gasteiger partial charge is 0.493 e. The molecular formula is C28H44N4O3. The Balaban J connectivity index is 1.59. The molecule has 1 heterocycles. The average Bonchev–Trinajstić information content (AvgIpc) is 3.35. The number of rotatable bonds is 19. The number of carbonyl (C=O) groups is 1. The number of hydrazone groups is 1. The molecule has 0 atom stereocenters. The van der Waals surface area contributed by atoms with Gasteiger partial charge >= 0.3 is 0 Å². The minimum atomic E-state index is -0.0551. The molecule has 2 rings (SSSR count). The fourth-order valence-corrected chi connectivity index (χ4v) is 4.15. The summed E-state index contributed by atoms with van der Waals surface area (Å²) in [4.78, 5) is 12.1. The number of ether oxygens (including phenoxy) is 2. The Hall–Kier alpha value is -2.83. The normalized spacial score (nSPS) is 11.2. The van der Waals surface area contributed by atoms with Gasteiger partial charge in [0.1, 0.15) is 0 Å². The Bertz CT molecular complexity index is 879. The third-order valence-corrected chi connectivity index (χ3v) is 6.24. The van der Waals surface area contributed by atoms with Crippen molar-refractivity contribution >= 4 is 12.1 Å². The monoisotopic (exact) mass is 484 g/mol. The number of aromatic nitrogens is 2. The van der Waals surface area contributed by atoms with Crippen molar-refractivity contribution in [2.75, 3.05) is 14.2 Å². The molecular weight excluding hydrogens is 440 g/mol. The van der Waals surface area contributed by atoms with Crippen LogP contribution in [0, 0.1) is 0 Å². The van der Waals surface area contributed by atoms with Crippen LogP contribution in [0.2, 0.25) is 0 Å². The van der Waals surface area contributed by atoms with Gasteiger partial charge in [0.2, 0.25) is 5.91 Å². The van der Waals surface area contributed by atoms with Gasteiger partial charge in [0.15, 0.2) is 11.5 Å². The number of amides is 1. The first-order valence-electron chi connectivity index (χ1n) is 13.3. The van der Waals surface area contributed by atoms with Gasteiger partial charge < -0.3 is 9.47 Å². The number of aromatic amines is 1. The van der Waals surface area contributed by atoms with Gasteiger partial charge in [0.25, 0.3) is 0 Å². The third-order valence-electron chi connectivity index (χ3n) is 6.24. The summed E-state index contributed by atoms with van der Waals surface area (Å²) in [6.07, 6.45) is 20.6. The van der Waals surface area contributed by atoms with Crippen molar-refractivity contribution in [3.05, 3.63) is 30.0 Å². The minimum absolute atomic E-state index is 0.0551. The second kappa shape index (κ2) is 17.6. The molecule has 1 aromatic heterocycles. The number of hydrogen-bond acceptors (Lipinski definition) is 5. The highest BCUT2D eigenvalue weighted by Gasteiger charge is 2.10. The summed E-state index contributed by atoms with van der Waals surface area (Å²) in [5.41, 5.74) is 5.09. The van der Waals surface area contributed by atoms with Crippen molar-refractivity contribution in [2.45, 2.75) is 96.8 Å². The van der Waals surface area contributed by atoms with E-state index in [0.717, 1.165) is 29.7 Å². The molecule has 35 heavy (non-hydrogen) atoms. The Kier molecular flexibility index (Phi) is 14.3. The summed E-state index contributed by atoms with van der Waals surface area (Å²) in [5, 5.41) is 11.2. The van der Waals surface area contributed by atoms with E-state index in [2.05, 4.69) is 27.6 Å². The van der Waals surface area contributed by atoms with E-state index in [-0.39, 0.29) is 5.91 Å². The summed E-state index contributed by atoms with van der Waals surface area (Å²) in [5.74, 6) is 1.24. The number of H-pyrrole nitrogens is 1. The van der Waals surface area contributed by atoms with Crippen molar-refractivity contribution in [1.82, 2.24) is 15.6 Å². The van der Waals surface area contributed by atoms with Crippen molar-refractivity contribution in [1.29, 1.82) is 0 Å². The number of nitrogens with one attached hydrogen (secondary N) is 2. The molecule has 0 fully saturated rings. The van der Waals surface area contributed by atoms with Gasteiger partial charge in [-0.15, -0.1) is 0 Å². The number of methoxy groups -OCH3 is 2. The summed E-state index contributed by atoms with van der Waals surface area (Å²) in [7, 11) is 3.20. The summed E-state index contributed by atoms with van der Waals surface area (Å²) < 4.78 is 10.7. The van der Waals surface area contributed by atoms with Crippen LogP contribution in [0.4, 0.5) is 0 Å². The molecule has 194 valence electrons. The van der Waals surface area contributed by atoms with Gasteiger partial charge in [-0.05, 0) is 24.6 Å². The average molecular weight is 485 g/mol. The number of benzene rings is 1. The van der Waals surface area contributed by atoms with Crippen LogP contribution in [0.1, 0.15) is 102 Å². The number of hydrogen-bond donors (Lipinski definition) is 2.